The van der Waals surface area contributed by atoms with E-state index in [0.717, 1.165) is 19.6 Å². The lowest BCUT2D eigenvalue weighted by Gasteiger charge is -2.36. The minimum Gasteiger partial charge on any atom is -0.341 e. The molecule has 0 radical (unpaired) electrons. The Morgan fingerprint density at radius 3 is 2.71 bits per heavy atom. The molecule has 2 aromatic carbocycles. The maximum absolute atomic E-state index is 4.36. The van der Waals surface area contributed by atoms with Gasteiger partial charge >= 0.3 is 0 Å². The lowest BCUT2D eigenvalue weighted by Crippen LogP contribution is -2.32. The molecule has 3 nitrogen and oxygen atoms in total. The number of piperidine rings is 1. The first kappa shape index (κ1) is 17.4. The molecule has 0 aliphatic carbocycles. The van der Waals surface area contributed by atoms with Crippen molar-refractivity contribution in [3.63, 3.8) is 0 Å². The lowest BCUT2D eigenvalue weighted by molar-refractivity contribution is 0.140. The molecule has 1 atom stereocenters. The number of hydrogen-bond donors (Lipinski definition) is 0. The number of aromatic nitrogens is 2. The molecule has 0 unspecified atom stereocenters. The molecule has 5 rings (SSSR count). The van der Waals surface area contributed by atoms with E-state index < -0.39 is 0 Å². The van der Waals surface area contributed by atoms with Gasteiger partial charge in [0.15, 0.2) is 0 Å². The van der Waals surface area contributed by atoms with Gasteiger partial charge in [0.1, 0.15) is 0 Å². The van der Waals surface area contributed by atoms with Crippen molar-refractivity contribution in [2.45, 2.75) is 45.3 Å². The molecule has 1 aliphatic heterocycles. The van der Waals surface area contributed by atoms with Crippen LogP contribution >= 0.6 is 0 Å². The Bertz CT molecular complexity index is 1100. The predicted octanol–water partition coefficient (Wildman–Crippen LogP) is 5.94. The molecule has 0 saturated carbocycles. The Labute approximate surface area is 166 Å². The van der Waals surface area contributed by atoms with Crippen molar-refractivity contribution >= 4 is 21.8 Å². The Morgan fingerprint density at radius 1 is 0.964 bits per heavy atom. The second-order valence-corrected chi connectivity index (χ2v) is 7.88. The molecule has 0 spiro atoms. The van der Waals surface area contributed by atoms with Crippen molar-refractivity contribution in [3.05, 3.63) is 78.1 Å². The monoisotopic (exact) mass is 369 g/mol. The second kappa shape index (κ2) is 7.40. The van der Waals surface area contributed by atoms with Crippen molar-refractivity contribution < 1.29 is 0 Å². The fourth-order valence-corrected chi connectivity index (χ4v) is 4.91. The summed E-state index contributed by atoms with van der Waals surface area (Å²) in [4.78, 5) is 7.00. The normalized spacial score (nSPS) is 18.1. The SMILES string of the molecule is CCn1c2ccccc2c2cc(CN3CCCC[C@H]3c3cccnc3)ccc21. The van der Waals surface area contributed by atoms with Crippen LogP contribution < -0.4 is 0 Å². The minimum atomic E-state index is 0.482. The van der Waals surface area contributed by atoms with Gasteiger partial charge in [-0.3, -0.25) is 9.88 Å². The fourth-order valence-electron chi connectivity index (χ4n) is 4.91. The van der Waals surface area contributed by atoms with Crippen LogP contribution in [0.3, 0.4) is 0 Å². The van der Waals surface area contributed by atoms with E-state index in [1.807, 2.05) is 12.4 Å². The van der Waals surface area contributed by atoms with Gasteiger partial charge in [-0.1, -0.05) is 36.8 Å². The maximum atomic E-state index is 4.36. The summed E-state index contributed by atoms with van der Waals surface area (Å²) in [6, 6.07) is 20.6. The van der Waals surface area contributed by atoms with Gasteiger partial charge in [-0.05, 0) is 61.7 Å². The van der Waals surface area contributed by atoms with Gasteiger partial charge in [-0.15, -0.1) is 0 Å². The highest BCUT2D eigenvalue weighted by molar-refractivity contribution is 6.08. The molecule has 0 N–H and O–H groups in total. The van der Waals surface area contributed by atoms with Crippen LogP contribution in [-0.4, -0.2) is 21.0 Å². The molecule has 4 aromatic rings. The smallest absolute Gasteiger partial charge is 0.0491 e. The quantitative estimate of drug-likeness (QED) is 0.444. The van der Waals surface area contributed by atoms with Gasteiger partial charge in [-0.2, -0.15) is 0 Å². The Hall–Kier alpha value is -2.65. The zero-order valence-corrected chi connectivity index (χ0v) is 16.5. The average molecular weight is 370 g/mol. The van der Waals surface area contributed by atoms with Crippen LogP contribution in [0.4, 0.5) is 0 Å². The lowest BCUT2D eigenvalue weighted by atomic mass is 9.95. The zero-order chi connectivity index (χ0) is 18.9. The molecule has 3 heteroatoms. The highest BCUT2D eigenvalue weighted by atomic mass is 15.2. The molecule has 0 bridgehead atoms. The third-order valence-electron chi connectivity index (χ3n) is 6.22. The third kappa shape index (κ3) is 3.00. The number of fused-ring (bicyclic) bond motifs is 3. The van der Waals surface area contributed by atoms with E-state index in [9.17, 15) is 0 Å². The van der Waals surface area contributed by atoms with Crippen LogP contribution in [0.2, 0.25) is 0 Å². The predicted molar refractivity (Wildman–Crippen MR) is 116 cm³/mol. The van der Waals surface area contributed by atoms with Gasteiger partial charge < -0.3 is 4.57 Å². The summed E-state index contributed by atoms with van der Waals surface area (Å²) in [6.07, 6.45) is 7.73. The molecule has 2 aromatic heterocycles. The van der Waals surface area contributed by atoms with Gasteiger partial charge in [-0.25, -0.2) is 0 Å². The number of para-hydroxylation sites is 1. The van der Waals surface area contributed by atoms with Gasteiger partial charge in [0, 0.05) is 53.3 Å². The van der Waals surface area contributed by atoms with Gasteiger partial charge in [0.05, 0.1) is 0 Å². The largest absolute Gasteiger partial charge is 0.341 e. The highest BCUT2D eigenvalue weighted by Crippen LogP contribution is 2.34. The number of pyridine rings is 1. The van der Waals surface area contributed by atoms with Gasteiger partial charge in [0.2, 0.25) is 0 Å². The van der Waals surface area contributed by atoms with E-state index >= 15 is 0 Å². The molecule has 28 heavy (non-hydrogen) atoms. The van der Waals surface area contributed by atoms with E-state index in [2.05, 4.69) is 76.0 Å². The molecule has 1 aliphatic rings. The highest BCUT2D eigenvalue weighted by Gasteiger charge is 2.24. The molecule has 1 saturated heterocycles. The Balaban J connectivity index is 1.51. The average Bonchev–Trinajstić information content (AvgIpc) is 3.08. The number of rotatable bonds is 4. The summed E-state index contributed by atoms with van der Waals surface area (Å²) >= 11 is 0. The summed E-state index contributed by atoms with van der Waals surface area (Å²) in [5.74, 6) is 0. The summed E-state index contributed by atoms with van der Waals surface area (Å²) in [5.41, 5.74) is 5.44. The van der Waals surface area contributed by atoms with Crippen molar-refractivity contribution in [1.82, 2.24) is 14.5 Å². The van der Waals surface area contributed by atoms with E-state index in [0.29, 0.717) is 6.04 Å². The molecule has 1 fully saturated rings. The van der Waals surface area contributed by atoms with Gasteiger partial charge in [0.25, 0.3) is 0 Å². The summed E-state index contributed by atoms with van der Waals surface area (Å²) in [7, 11) is 0. The van der Waals surface area contributed by atoms with E-state index in [-0.39, 0.29) is 0 Å². The second-order valence-electron chi connectivity index (χ2n) is 7.88. The summed E-state index contributed by atoms with van der Waals surface area (Å²) < 4.78 is 2.42. The number of nitrogens with zero attached hydrogens (tertiary/aromatic N) is 3. The Morgan fingerprint density at radius 2 is 1.86 bits per heavy atom. The minimum absolute atomic E-state index is 0.482. The first-order chi connectivity index (χ1) is 13.8. The van der Waals surface area contributed by atoms with E-state index in [1.165, 1.54) is 52.2 Å². The summed E-state index contributed by atoms with van der Waals surface area (Å²) in [5, 5.41) is 2.74. The van der Waals surface area contributed by atoms with Crippen LogP contribution in [0.1, 0.15) is 43.4 Å². The van der Waals surface area contributed by atoms with Crippen LogP contribution in [0, 0.1) is 0 Å². The van der Waals surface area contributed by atoms with Crippen LogP contribution in [0.25, 0.3) is 21.8 Å². The third-order valence-corrected chi connectivity index (χ3v) is 6.22. The van der Waals surface area contributed by atoms with E-state index in [4.69, 9.17) is 0 Å². The first-order valence-corrected chi connectivity index (χ1v) is 10.5. The fraction of sp³-hybridized carbons (Fsp3) is 0.320. The number of likely N-dealkylation sites (tertiary alicyclic amines) is 1. The molecular weight excluding hydrogens is 342 g/mol. The van der Waals surface area contributed by atoms with Crippen LogP contribution in [0.15, 0.2) is 67.0 Å². The molecule has 0 amide bonds. The number of benzene rings is 2. The standard InChI is InChI=1S/C25H27N3/c1-2-28-24-11-4-3-9-21(24)22-16-19(12-13-25(22)28)18-27-15-6-5-10-23(27)20-8-7-14-26-17-20/h3-4,7-9,11-14,16-17,23H,2,5-6,10,15,18H2,1H3/t23-/m0/s1. The van der Waals surface area contributed by atoms with Crippen molar-refractivity contribution in [2.75, 3.05) is 6.54 Å². The van der Waals surface area contributed by atoms with Crippen LogP contribution in [-0.2, 0) is 13.1 Å². The topological polar surface area (TPSA) is 21.1 Å². The van der Waals surface area contributed by atoms with E-state index in [1.54, 1.807) is 0 Å². The van der Waals surface area contributed by atoms with Crippen LogP contribution in [0.5, 0.6) is 0 Å². The van der Waals surface area contributed by atoms with Crippen molar-refractivity contribution in [2.24, 2.45) is 0 Å². The Kier molecular flexibility index (Phi) is 4.61. The molecular formula is C25H27N3. The summed E-state index contributed by atoms with van der Waals surface area (Å²) in [6.45, 7) is 5.39. The molecule has 3 heterocycles. The number of aryl methyl sites for hydroxylation is 1. The van der Waals surface area contributed by atoms with Crippen molar-refractivity contribution in [3.8, 4) is 0 Å². The zero-order valence-electron chi connectivity index (χ0n) is 16.5. The molecule has 142 valence electrons. The van der Waals surface area contributed by atoms with Crippen molar-refractivity contribution in [1.29, 1.82) is 0 Å². The maximum Gasteiger partial charge on any atom is 0.0491 e. The first-order valence-electron chi connectivity index (χ1n) is 10.5. The number of hydrogen-bond acceptors (Lipinski definition) is 2.